The highest BCUT2D eigenvalue weighted by molar-refractivity contribution is 5.92. The number of nitrogens with one attached hydrogen (secondary N) is 2. The van der Waals surface area contributed by atoms with Crippen LogP contribution in [0.2, 0.25) is 0 Å². The summed E-state index contributed by atoms with van der Waals surface area (Å²) in [5.74, 6) is 1.34. The fraction of sp³-hybridized carbons (Fsp3) is 0.294. The van der Waals surface area contributed by atoms with E-state index < -0.39 is 0 Å². The molecule has 5 nitrogen and oxygen atoms in total. The third-order valence-electron chi connectivity index (χ3n) is 3.26. The van der Waals surface area contributed by atoms with Crippen LogP contribution in [-0.2, 0) is 4.79 Å². The van der Waals surface area contributed by atoms with Gasteiger partial charge in [-0.2, -0.15) is 0 Å². The number of anilines is 1. The molecule has 1 aromatic carbocycles. The fourth-order valence-corrected chi connectivity index (χ4v) is 2.04. The number of hydrogen-bond acceptors (Lipinski definition) is 4. The summed E-state index contributed by atoms with van der Waals surface area (Å²) >= 11 is 0. The Morgan fingerprint density at radius 1 is 1.29 bits per heavy atom. The minimum Gasteiger partial charge on any atom is -0.455 e. The average Bonchev–Trinajstić information content (AvgIpc) is 2.51. The quantitative estimate of drug-likeness (QED) is 0.809. The zero-order valence-electron chi connectivity index (χ0n) is 13.9. The van der Waals surface area contributed by atoms with Gasteiger partial charge in [-0.1, -0.05) is 6.92 Å². The van der Waals surface area contributed by atoms with E-state index in [1.165, 1.54) is 0 Å². The lowest BCUT2D eigenvalue weighted by molar-refractivity contribution is -0.119. The van der Waals surface area contributed by atoms with E-state index in [1.807, 2.05) is 51.2 Å². The van der Waals surface area contributed by atoms with E-state index in [4.69, 9.17) is 4.74 Å². The molecule has 0 saturated carbocycles. The molecule has 2 aromatic rings. The Morgan fingerprint density at radius 3 is 2.62 bits per heavy atom. The minimum absolute atomic E-state index is 0. The number of amides is 1. The molecule has 0 aliphatic carbocycles. The van der Waals surface area contributed by atoms with Crippen LogP contribution in [0, 0.1) is 12.8 Å². The number of hydrogen-bond donors (Lipinski definition) is 2. The summed E-state index contributed by atoms with van der Waals surface area (Å²) in [4.78, 5) is 16.0. The van der Waals surface area contributed by atoms with Crippen LogP contribution in [-0.4, -0.2) is 24.5 Å². The highest BCUT2D eigenvalue weighted by Crippen LogP contribution is 2.26. The molecule has 0 fully saturated rings. The SMILES string of the molecule is CNCC(C)C(=O)Nc1ccc(Oc2cccnc2)c(C)c1.Cl.Cl. The lowest BCUT2D eigenvalue weighted by Gasteiger charge is -2.13. The summed E-state index contributed by atoms with van der Waals surface area (Å²) in [5, 5.41) is 5.91. The summed E-state index contributed by atoms with van der Waals surface area (Å²) in [7, 11) is 1.83. The van der Waals surface area contributed by atoms with Gasteiger partial charge < -0.3 is 15.4 Å². The topological polar surface area (TPSA) is 63.2 Å². The summed E-state index contributed by atoms with van der Waals surface area (Å²) in [6, 6.07) is 9.25. The first kappa shape index (κ1) is 22.2. The molecule has 7 heteroatoms. The molecule has 1 unspecified atom stereocenters. The van der Waals surface area contributed by atoms with Crippen molar-refractivity contribution in [3.8, 4) is 11.5 Å². The number of benzene rings is 1. The van der Waals surface area contributed by atoms with Crippen molar-refractivity contribution in [3.63, 3.8) is 0 Å². The second-order valence-corrected chi connectivity index (χ2v) is 5.22. The summed E-state index contributed by atoms with van der Waals surface area (Å²) in [5.41, 5.74) is 1.71. The van der Waals surface area contributed by atoms with Gasteiger partial charge in [-0.3, -0.25) is 9.78 Å². The molecule has 132 valence electrons. The zero-order chi connectivity index (χ0) is 15.9. The molecule has 0 bridgehead atoms. The van der Waals surface area contributed by atoms with Crippen LogP contribution < -0.4 is 15.4 Å². The molecule has 2 rings (SSSR count). The van der Waals surface area contributed by atoms with Gasteiger partial charge in [-0.25, -0.2) is 0 Å². The van der Waals surface area contributed by atoms with E-state index >= 15 is 0 Å². The molecule has 0 spiro atoms. The Labute approximate surface area is 155 Å². The number of nitrogens with zero attached hydrogens (tertiary/aromatic N) is 1. The van der Waals surface area contributed by atoms with Crippen molar-refractivity contribution in [2.45, 2.75) is 13.8 Å². The van der Waals surface area contributed by atoms with Crippen molar-refractivity contribution in [1.82, 2.24) is 10.3 Å². The Morgan fingerprint density at radius 2 is 2.04 bits per heavy atom. The van der Waals surface area contributed by atoms with Gasteiger partial charge in [-0.15, -0.1) is 24.8 Å². The molecule has 1 atom stereocenters. The van der Waals surface area contributed by atoms with Crippen molar-refractivity contribution >= 4 is 36.4 Å². The molecule has 1 heterocycles. The van der Waals surface area contributed by atoms with Gasteiger partial charge >= 0.3 is 0 Å². The predicted octanol–water partition coefficient (Wildman–Crippen LogP) is 3.82. The van der Waals surface area contributed by atoms with Crippen molar-refractivity contribution < 1.29 is 9.53 Å². The predicted molar refractivity (Wildman–Crippen MR) is 102 cm³/mol. The van der Waals surface area contributed by atoms with Gasteiger partial charge in [0.05, 0.1) is 6.20 Å². The Kier molecular flexibility index (Phi) is 10.0. The van der Waals surface area contributed by atoms with Crippen LogP contribution >= 0.6 is 24.8 Å². The number of halogens is 2. The maximum atomic E-state index is 12.0. The Bertz CT molecular complexity index is 639. The molecule has 1 amide bonds. The highest BCUT2D eigenvalue weighted by atomic mass is 35.5. The summed E-state index contributed by atoms with van der Waals surface area (Å²) in [6.45, 7) is 4.48. The number of ether oxygens (including phenoxy) is 1. The second-order valence-electron chi connectivity index (χ2n) is 5.22. The molecule has 1 aromatic heterocycles. The van der Waals surface area contributed by atoms with Crippen LogP contribution in [0.25, 0.3) is 0 Å². The zero-order valence-corrected chi connectivity index (χ0v) is 15.5. The first-order valence-electron chi connectivity index (χ1n) is 7.24. The molecule has 0 saturated heterocycles. The smallest absolute Gasteiger partial charge is 0.228 e. The van der Waals surface area contributed by atoms with Crippen LogP contribution in [0.4, 0.5) is 5.69 Å². The monoisotopic (exact) mass is 371 g/mol. The first-order valence-corrected chi connectivity index (χ1v) is 7.24. The summed E-state index contributed by atoms with van der Waals surface area (Å²) < 4.78 is 5.77. The molecule has 0 aliphatic rings. The van der Waals surface area contributed by atoms with Gasteiger partial charge in [-0.05, 0) is 49.9 Å². The normalized spacial score (nSPS) is 10.8. The van der Waals surface area contributed by atoms with Crippen LogP contribution in [0.15, 0.2) is 42.7 Å². The maximum Gasteiger partial charge on any atom is 0.228 e. The highest BCUT2D eigenvalue weighted by Gasteiger charge is 2.12. The lowest BCUT2D eigenvalue weighted by Crippen LogP contribution is -2.28. The summed E-state index contributed by atoms with van der Waals surface area (Å²) in [6.07, 6.45) is 3.36. The molecule has 0 aliphatic heterocycles. The largest absolute Gasteiger partial charge is 0.455 e. The maximum absolute atomic E-state index is 12.0. The second kappa shape index (κ2) is 10.9. The molecule has 24 heavy (non-hydrogen) atoms. The number of carbonyl (C=O) groups is 1. The van der Waals surface area contributed by atoms with Gasteiger partial charge in [0.25, 0.3) is 0 Å². The van der Waals surface area contributed by atoms with Gasteiger partial charge in [0.15, 0.2) is 0 Å². The van der Waals surface area contributed by atoms with E-state index in [9.17, 15) is 4.79 Å². The number of pyridine rings is 1. The van der Waals surface area contributed by atoms with E-state index in [1.54, 1.807) is 12.4 Å². The molecular formula is C17H23Cl2N3O2. The van der Waals surface area contributed by atoms with E-state index in [0.29, 0.717) is 12.3 Å². The van der Waals surface area contributed by atoms with Gasteiger partial charge in [0.2, 0.25) is 5.91 Å². The van der Waals surface area contributed by atoms with Crippen LogP contribution in [0.5, 0.6) is 11.5 Å². The first-order chi connectivity index (χ1) is 10.6. The Balaban J connectivity index is 0.00000264. The number of rotatable bonds is 6. The number of carbonyl (C=O) groups excluding carboxylic acids is 1. The molecule has 0 radical (unpaired) electrons. The molecular weight excluding hydrogens is 349 g/mol. The fourth-order valence-electron chi connectivity index (χ4n) is 2.04. The van der Waals surface area contributed by atoms with E-state index in [2.05, 4.69) is 15.6 Å². The average molecular weight is 372 g/mol. The number of aromatic nitrogens is 1. The van der Waals surface area contributed by atoms with Gasteiger partial charge in [0.1, 0.15) is 11.5 Å². The third-order valence-corrected chi connectivity index (χ3v) is 3.26. The third kappa shape index (κ3) is 6.35. The van der Waals surface area contributed by atoms with E-state index in [-0.39, 0.29) is 36.6 Å². The van der Waals surface area contributed by atoms with Crippen molar-refractivity contribution in [2.75, 3.05) is 18.9 Å². The van der Waals surface area contributed by atoms with Gasteiger partial charge in [0, 0.05) is 24.3 Å². The standard InChI is InChI=1S/C17H21N3O2.2ClH/c1-12-9-14(20-17(21)13(2)10-18-3)6-7-16(12)22-15-5-4-8-19-11-15;;/h4-9,11,13,18H,10H2,1-3H3,(H,20,21);2*1H. The Hall–Kier alpha value is -1.82. The van der Waals surface area contributed by atoms with Crippen LogP contribution in [0.3, 0.4) is 0 Å². The van der Waals surface area contributed by atoms with Crippen LogP contribution in [0.1, 0.15) is 12.5 Å². The van der Waals surface area contributed by atoms with Crippen molar-refractivity contribution in [3.05, 3.63) is 48.3 Å². The lowest BCUT2D eigenvalue weighted by atomic mass is 10.1. The molecule has 2 N–H and O–H groups in total. The minimum atomic E-state index is -0.0865. The van der Waals surface area contributed by atoms with E-state index in [0.717, 1.165) is 17.0 Å². The van der Waals surface area contributed by atoms with Crippen molar-refractivity contribution in [1.29, 1.82) is 0 Å². The van der Waals surface area contributed by atoms with Crippen molar-refractivity contribution in [2.24, 2.45) is 5.92 Å². The number of aryl methyl sites for hydroxylation is 1.